The van der Waals surface area contributed by atoms with Gasteiger partial charge in [0.2, 0.25) is 5.91 Å². The van der Waals surface area contributed by atoms with Crippen molar-refractivity contribution in [3.8, 4) is 0 Å². The van der Waals surface area contributed by atoms with Crippen molar-refractivity contribution in [2.45, 2.75) is 13.0 Å². The van der Waals surface area contributed by atoms with Crippen LogP contribution in [0.5, 0.6) is 0 Å². The van der Waals surface area contributed by atoms with Gasteiger partial charge in [0.1, 0.15) is 0 Å². The Morgan fingerprint density at radius 2 is 1.57 bits per heavy atom. The van der Waals surface area contributed by atoms with Crippen LogP contribution < -0.4 is 9.80 Å². The number of carboxylic acids is 1. The number of rotatable bonds is 5. The molecule has 0 aliphatic carbocycles. The molecule has 0 spiro atoms. The zero-order valence-corrected chi connectivity index (χ0v) is 15.8. The van der Waals surface area contributed by atoms with Gasteiger partial charge >= 0.3 is 5.97 Å². The van der Waals surface area contributed by atoms with Gasteiger partial charge in [-0.15, -0.1) is 0 Å². The molecule has 0 radical (unpaired) electrons. The lowest BCUT2D eigenvalue weighted by Crippen LogP contribution is -2.45. The number of nitrogens with zero attached hydrogens (tertiary/aromatic N) is 3. The minimum atomic E-state index is -0.902. The zero-order valence-electron chi connectivity index (χ0n) is 15.8. The Balaban J connectivity index is 1.34. The number of carboxylic acid groups (broad SMARTS) is 1. The molecule has 1 atom stereocenters. The van der Waals surface area contributed by atoms with Crippen molar-refractivity contribution in [2.75, 3.05) is 42.5 Å². The van der Waals surface area contributed by atoms with Gasteiger partial charge in [0.05, 0.1) is 5.92 Å². The van der Waals surface area contributed by atoms with Crippen molar-refractivity contribution < 1.29 is 14.7 Å². The van der Waals surface area contributed by atoms with Crippen LogP contribution in [0.4, 0.5) is 11.4 Å². The van der Waals surface area contributed by atoms with Crippen molar-refractivity contribution in [1.29, 1.82) is 0 Å². The van der Waals surface area contributed by atoms with Crippen LogP contribution in [0, 0.1) is 5.92 Å². The Hall–Kier alpha value is -2.86. The third-order valence-corrected chi connectivity index (χ3v) is 5.62. The standard InChI is InChI=1S/C22H25N3O3/c26-21-14-18(22(27)28)16-25(21)20-8-6-19(7-9-20)24-12-10-23(11-13-24)15-17-4-2-1-3-5-17/h1-9,18H,10-16H2,(H,27,28)/t18-/m1/s1. The molecule has 0 bridgehead atoms. The number of carbonyl (C=O) groups is 2. The lowest BCUT2D eigenvalue weighted by molar-refractivity contribution is -0.141. The summed E-state index contributed by atoms with van der Waals surface area (Å²) in [5, 5.41) is 9.13. The molecule has 146 valence electrons. The quantitative estimate of drug-likeness (QED) is 0.865. The molecule has 0 aromatic heterocycles. The van der Waals surface area contributed by atoms with Crippen molar-refractivity contribution >= 4 is 23.3 Å². The smallest absolute Gasteiger partial charge is 0.308 e. The second kappa shape index (κ2) is 8.02. The molecule has 4 rings (SSSR count). The fourth-order valence-corrected chi connectivity index (χ4v) is 3.97. The first kappa shape index (κ1) is 18.5. The molecule has 2 fully saturated rings. The number of amides is 1. The van der Waals surface area contributed by atoms with Crippen molar-refractivity contribution in [2.24, 2.45) is 5.92 Å². The maximum Gasteiger partial charge on any atom is 0.308 e. The SMILES string of the molecule is O=C(O)[C@@H]1CC(=O)N(c2ccc(N3CCN(Cc4ccccc4)CC3)cc2)C1. The Labute approximate surface area is 165 Å². The van der Waals surface area contributed by atoms with E-state index in [2.05, 4.69) is 34.1 Å². The normalized spacial score (nSPS) is 20.6. The first-order chi connectivity index (χ1) is 13.6. The first-order valence-corrected chi connectivity index (χ1v) is 9.74. The van der Waals surface area contributed by atoms with E-state index in [1.165, 1.54) is 5.56 Å². The highest BCUT2D eigenvalue weighted by molar-refractivity contribution is 5.99. The number of benzene rings is 2. The highest BCUT2D eigenvalue weighted by Crippen LogP contribution is 2.27. The molecule has 6 heteroatoms. The molecule has 6 nitrogen and oxygen atoms in total. The summed E-state index contributed by atoms with van der Waals surface area (Å²) in [6, 6.07) is 18.4. The fourth-order valence-electron chi connectivity index (χ4n) is 3.97. The van der Waals surface area contributed by atoms with Gasteiger partial charge in [0, 0.05) is 57.1 Å². The molecule has 2 aromatic carbocycles. The van der Waals surface area contributed by atoms with E-state index < -0.39 is 11.9 Å². The topological polar surface area (TPSA) is 64.1 Å². The summed E-state index contributed by atoms with van der Waals surface area (Å²) < 4.78 is 0. The molecular weight excluding hydrogens is 354 g/mol. The Kier molecular flexibility index (Phi) is 5.30. The average Bonchev–Trinajstić information content (AvgIpc) is 3.12. The number of aliphatic carboxylic acids is 1. The van der Waals surface area contributed by atoms with Crippen LogP contribution in [0.25, 0.3) is 0 Å². The number of piperazine rings is 1. The molecule has 1 amide bonds. The second-order valence-electron chi connectivity index (χ2n) is 7.51. The van der Waals surface area contributed by atoms with Crippen molar-refractivity contribution in [1.82, 2.24) is 4.90 Å². The monoisotopic (exact) mass is 379 g/mol. The minimum absolute atomic E-state index is 0.0838. The number of hydrogen-bond acceptors (Lipinski definition) is 4. The summed E-state index contributed by atoms with van der Waals surface area (Å²) in [4.78, 5) is 29.7. The highest BCUT2D eigenvalue weighted by Gasteiger charge is 2.35. The molecule has 1 N–H and O–H groups in total. The van der Waals surface area contributed by atoms with Crippen LogP contribution >= 0.6 is 0 Å². The molecule has 2 heterocycles. The molecule has 2 aliphatic rings. The van der Waals surface area contributed by atoms with E-state index in [1.54, 1.807) is 4.90 Å². The molecule has 0 saturated carbocycles. The molecule has 2 aromatic rings. The third kappa shape index (κ3) is 4.02. The van der Waals surface area contributed by atoms with Gasteiger partial charge in [0.15, 0.2) is 0 Å². The van der Waals surface area contributed by atoms with Gasteiger partial charge in [-0.3, -0.25) is 14.5 Å². The summed E-state index contributed by atoms with van der Waals surface area (Å²) in [5.74, 6) is -1.62. The summed E-state index contributed by atoms with van der Waals surface area (Å²) in [6.07, 6.45) is 0.0838. The lowest BCUT2D eigenvalue weighted by Gasteiger charge is -2.36. The van der Waals surface area contributed by atoms with Crippen LogP contribution in [0.2, 0.25) is 0 Å². The van der Waals surface area contributed by atoms with Gasteiger partial charge in [0.25, 0.3) is 0 Å². The van der Waals surface area contributed by atoms with E-state index in [0.29, 0.717) is 0 Å². The van der Waals surface area contributed by atoms with Crippen LogP contribution in [-0.2, 0) is 16.1 Å². The van der Waals surface area contributed by atoms with E-state index in [4.69, 9.17) is 5.11 Å². The van der Waals surface area contributed by atoms with E-state index in [0.717, 1.165) is 44.1 Å². The van der Waals surface area contributed by atoms with E-state index in [9.17, 15) is 9.59 Å². The average molecular weight is 379 g/mol. The second-order valence-corrected chi connectivity index (χ2v) is 7.51. The van der Waals surface area contributed by atoms with E-state index in [-0.39, 0.29) is 18.9 Å². The minimum Gasteiger partial charge on any atom is -0.481 e. The number of carbonyl (C=O) groups excluding carboxylic acids is 1. The van der Waals surface area contributed by atoms with Gasteiger partial charge in [-0.25, -0.2) is 0 Å². The summed E-state index contributed by atoms with van der Waals surface area (Å²) in [5.41, 5.74) is 3.26. The van der Waals surface area contributed by atoms with Crippen LogP contribution in [0.3, 0.4) is 0 Å². The van der Waals surface area contributed by atoms with Gasteiger partial charge in [-0.05, 0) is 29.8 Å². The van der Waals surface area contributed by atoms with Crippen molar-refractivity contribution in [3.63, 3.8) is 0 Å². The maximum atomic E-state index is 12.1. The largest absolute Gasteiger partial charge is 0.481 e. The maximum absolute atomic E-state index is 12.1. The Bertz CT molecular complexity index is 830. The van der Waals surface area contributed by atoms with Crippen LogP contribution in [-0.4, -0.2) is 54.6 Å². The molecule has 28 heavy (non-hydrogen) atoms. The fraction of sp³-hybridized carbons (Fsp3) is 0.364. The summed E-state index contributed by atoms with van der Waals surface area (Å²) in [7, 11) is 0. The van der Waals surface area contributed by atoms with Gasteiger partial charge in [-0.1, -0.05) is 30.3 Å². The lowest BCUT2D eigenvalue weighted by atomic mass is 10.1. The highest BCUT2D eigenvalue weighted by atomic mass is 16.4. The summed E-state index contributed by atoms with van der Waals surface area (Å²) >= 11 is 0. The zero-order chi connectivity index (χ0) is 19.5. The molecule has 0 unspecified atom stereocenters. The summed E-state index contributed by atoms with van der Waals surface area (Å²) in [6.45, 7) is 5.20. The van der Waals surface area contributed by atoms with Gasteiger partial charge < -0.3 is 14.9 Å². The van der Waals surface area contributed by atoms with Gasteiger partial charge in [-0.2, -0.15) is 0 Å². The van der Waals surface area contributed by atoms with Crippen LogP contribution in [0.15, 0.2) is 54.6 Å². The molecular formula is C22H25N3O3. The van der Waals surface area contributed by atoms with E-state index >= 15 is 0 Å². The molecule has 2 saturated heterocycles. The van der Waals surface area contributed by atoms with E-state index in [1.807, 2.05) is 30.3 Å². The first-order valence-electron chi connectivity index (χ1n) is 9.74. The molecule has 2 aliphatic heterocycles. The Morgan fingerprint density at radius 3 is 2.18 bits per heavy atom. The third-order valence-electron chi connectivity index (χ3n) is 5.62. The number of anilines is 2. The predicted molar refractivity (Wildman–Crippen MR) is 108 cm³/mol. The van der Waals surface area contributed by atoms with Crippen molar-refractivity contribution in [3.05, 3.63) is 60.2 Å². The predicted octanol–water partition coefficient (Wildman–Crippen LogP) is 2.45. The van der Waals surface area contributed by atoms with Crippen LogP contribution in [0.1, 0.15) is 12.0 Å². The Morgan fingerprint density at radius 1 is 0.929 bits per heavy atom. The number of hydrogen-bond donors (Lipinski definition) is 1.